The highest BCUT2D eigenvalue weighted by molar-refractivity contribution is 6.33. The molecule has 0 bridgehead atoms. The van der Waals surface area contributed by atoms with Crippen molar-refractivity contribution in [2.45, 2.75) is 25.7 Å². The summed E-state index contributed by atoms with van der Waals surface area (Å²) >= 11 is 6.03. The van der Waals surface area contributed by atoms with Gasteiger partial charge in [-0.2, -0.15) is 5.10 Å². The van der Waals surface area contributed by atoms with Crippen LogP contribution in [0, 0.1) is 12.7 Å². The molecule has 29 heavy (non-hydrogen) atoms. The van der Waals surface area contributed by atoms with Gasteiger partial charge in [-0.1, -0.05) is 35.4 Å². The van der Waals surface area contributed by atoms with Gasteiger partial charge in [-0.3, -0.25) is 4.79 Å². The second kappa shape index (κ2) is 7.83. The topological polar surface area (TPSA) is 71.0 Å². The molecule has 3 aromatic rings. The molecular formula is C21H20ClFN4O2. The van der Waals surface area contributed by atoms with E-state index in [0.717, 1.165) is 11.3 Å². The molecular weight excluding hydrogens is 395 g/mol. The SMILES string of the molecule is Cc1ccc(-n2c(C3CCN(C(=O)c4c(F)cccc4Cl)CC3)n[nH]c2=O)cc1. The third-order valence-electron chi connectivity index (χ3n) is 5.31. The van der Waals surface area contributed by atoms with E-state index in [4.69, 9.17) is 11.6 Å². The Labute approximate surface area is 171 Å². The molecule has 6 nitrogen and oxygen atoms in total. The van der Waals surface area contributed by atoms with Crippen LogP contribution in [0.3, 0.4) is 0 Å². The maximum absolute atomic E-state index is 14.1. The number of carbonyl (C=O) groups is 1. The Morgan fingerprint density at radius 3 is 2.52 bits per heavy atom. The fraction of sp³-hybridized carbons (Fsp3) is 0.286. The van der Waals surface area contributed by atoms with E-state index >= 15 is 0 Å². The number of likely N-dealkylation sites (tertiary alicyclic amines) is 1. The highest BCUT2D eigenvalue weighted by Crippen LogP contribution is 2.29. The highest BCUT2D eigenvalue weighted by Gasteiger charge is 2.30. The molecule has 2 heterocycles. The molecule has 1 aliphatic heterocycles. The van der Waals surface area contributed by atoms with Gasteiger partial charge in [-0.25, -0.2) is 18.9 Å². The number of nitrogens with zero attached hydrogens (tertiary/aromatic N) is 3. The van der Waals surface area contributed by atoms with Gasteiger partial charge in [0.1, 0.15) is 11.6 Å². The fourth-order valence-corrected chi connectivity index (χ4v) is 3.97. The number of piperidine rings is 1. The van der Waals surface area contributed by atoms with Gasteiger partial charge in [0.2, 0.25) is 0 Å². The van der Waals surface area contributed by atoms with Crippen LogP contribution >= 0.6 is 11.6 Å². The van der Waals surface area contributed by atoms with Crippen LogP contribution in [0.2, 0.25) is 5.02 Å². The Bertz CT molecular complexity index is 1080. The van der Waals surface area contributed by atoms with E-state index in [1.165, 1.54) is 18.2 Å². The lowest BCUT2D eigenvalue weighted by Gasteiger charge is -2.32. The maximum atomic E-state index is 14.1. The van der Waals surface area contributed by atoms with Crippen molar-refractivity contribution in [2.24, 2.45) is 0 Å². The monoisotopic (exact) mass is 414 g/mol. The molecule has 1 aliphatic rings. The molecule has 2 aromatic carbocycles. The zero-order valence-corrected chi connectivity index (χ0v) is 16.6. The standard InChI is InChI=1S/C21H20ClFN4O2/c1-13-5-7-15(8-6-13)27-19(24-25-21(27)29)14-9-11-26(12-10-14)20(28)18-16(22)3-2-4-17(18)23/h2-8,14H,9-12H2,1H3,(H,25,29). The predicted molar refractivity (Wildman–Crippen MR) is 108 cm³/mol. The largest absolute Gasteiger partial charge is 0.347 e. The first-order valence-corrected chi connectivity index (χ1v) is 9.81. The number of rotatable bonds is 3. The summed E-state index contributed by atoms with van der Waals surface area (Å²) in [6.45, 7) is 2.85. The van der Waals surface area contributed by atoms with E-state index in [9.17, 15) is 14.0 Å². The van der Waals surface area contributed by atoms with Crippen molar-refractivity contribution >= 4 is 17.5 Å². The van der Waals surface area contributed by atoms with E-state index in [1.807, 2.05) is 31.2 Å². The van der Waals surface area contributed by atoms with Crippen molar-refractivity contribution in [3.05, 3.63) is 80.7 Å². The van der Waals surface area contributed by atoms with Gasteiger partial charge < -0.3 is 4.90 Å². The number of H-pyrrole nitrogens is 1. The number of hydrogen-bond donors (Lipinski definition) is 1. The van der Waals surface area contributed by atoms with Gasteiger partial charge in [0, 0.05) is 19.0 Å². The molecule has 1 amide bonds. The lowest BCUT2D eigenvalue weighted by molar-refractivity contribution is 0.0706. The van der Waals surface area contributed by atoms with Crippen LogP contribution in [0.4, 0.5) is 4.39 Å². The third kappa shape index (κ3) is 3.70. The van der Waals surface area contributed by atoms with E-state index in [2.05, 4.69) is 10.2 Å². The van der Waals surface area contributed by atoms with Gasteiger partial charge in [0.05, 0.1) is 16.3 Å². The minimum Gasteiger partial charge on any atom is -0.338 e. The Kier molecular flexibility index (Phi) is 5.24. The first-order valence-electron chi connectivity index (χ1n) is 9.43. The number of aromatic amines is 1. The van der Waals surface area contributed by atoms with Crippen LogP contribution in [-0.4, -0.2) is 38.7 Å². The van der Waals surface area contributed by atoms with Crippen LogP contribution < -0.4 is 5.69 Å². The average molecular weight is 415 g/mol. The number of carbonyl (C=O) groups excluding carboxylic acids is 1. The molecule has 8 heteroatoms. The van der Waals surface area contributed by atoms with Gasteiger partial charge in [0.25, 0.3) is 5.91 Å². The second-order valence-corrected chi connectivity index (χ2v) is 7.63. The first-order chi connectivity index (χ1) is 14.0. The quantitative estimate of drug-likeness (QED) is 0.710. The summed E-state index contributed by atoms with van der Waals surface area (Å²) < 4.78 is 15.7. The van der Waals surface area contributed by atoms with Crippen molar-refractivity contribution in [2.75, 3.05) is 13.1 Å². The Hall–Kier alpha value is -2.93. The van der Waals surface area contributed by atoms with Crippen molar-refractivity contribution < 1.29 is 9.18 Å². The summed E-state index contributed by atoms with van der Waals surface area (Å²) in [5, 5.41) is 6.88. The highest BCUT2D eigenvalue weighted by atomic mass is 35.5. The lowest BCUT2D eigenvalue weighted by Crippen LogP contribution is -2.39. The molecule has 0 aliphatic carbocycles. The summed E-state index contributed by atoms with van der Waals surface area (Å²) in [5.74, 6) is -0.375. The van der Waals surface area contributed by atoms with Crippen LogP contribution in [0.1, 0.15) is 40.5 Å². The normalized spacial score (nSPS) is 14.9. The van der Waals surface area contributed by atoms with Crippen molar-refractivity contribution in [1.29, 1.82) is 0 Å². The number of nitrogens with one attached hydrogen (secondary N) is 1. The van der Waals surface area contributed by atoms with Crippen molar-refractivity contribution in [3.63, 3.8) is 0 Å². The minimum absolute atomic E-state index is 0.00963. The summed E-state index contributed by atoms with van der Waals surface area (Å²) in [5.41, 5.74) is 1.47. The van der Waals surface area contributed by atoms with Crippen LogP contribution in [-0.2, 0) is 0 Å². The molecule has 0 atom stereocenters. The summed E-state index contributed by atoms with van der Waals surface area (Å²) in [4.78, 5) is 26.7. The molecule has 0 radical (unpaired) electrons. The average Bonchev–Trinajstić information content (AvgIpc) is 3.10. The molecule has 150 valence electrons. The first kappa shape index (κ1) is 19.4. The molecule has 4 rings (SSSR count). The second-order valence-electron chi connectivity index (χ2n) is 7.22. The number of benzene rings is 2. The summed E-state index contributed by atoms with van der Waals surface area (Å²) in [7, 11) is 0. The third-order valence-corrected chi connectivity index (χ3v) is 5.63. The van der Waals surface area contributed by atoms with E-state index < -0.39 is 11.7 Å². The molecule has 1 aromatic heterocycles. The number of hydrogen-bond acceptors (Lipinski definition) is 3. The van der Waals surface area contributed by atoms with Crippen LogP contribution in [0.15, 0.2) is 47.3 Å². The maximum Gasteiger partial charge on any atom is 0.347 e. The number of amides is 1. The number of aromatic nitrogens is 3. The molecule has 0 saturated carbocycles. The van der Waals surface area contributed by atoms with E-state index in [-0.39, 0.29) is 22.2 Å². The van der Waals surface area contributed by atoms with Gasteiger partial charge in [0.15, 0.2) is 0 Å². The molecule has 1 saturated heterocycles. The van der Waals surface area contributed by atoms with Crippen LogP contribution in [0.5, 0.6) is 0 Å². The molecule has 0 unspecified atom stereocenters. The number of aryl methyl sites for hydroxylation is 1. The molecule has 1 N–H and O–H groups in total. The van der Waals surface area contributed by atoms with Gasteiger partial charge in [-0.15, -0.1) is 0 Å². The zero-order valence-electron chi connectivity index (χ0n) is 15.9. The smallest absolute Gasteiger partial charge is 0.338 e. The Balaban J connectivity index is 1.53. The fourth-order valence-electron chi connectivity index (χ4n) is 3.73. The Morgan fingerprint density at radius 1 is 1.17 bits per heavy atom. The summed E-state index contributed by atoms with van der Waals surface area (Å²) in [6, 6.07) is 11.9. The van der Waals surface area contributed by atoms with Crippen LogP contribution in [0.25, 0.3) is 5.69 Å². The van der Waals surface area contributed by atoms with E-state index in [0.29, 0.717) is 31.8 Å². The van der Waals surface area contributed by atoms with E-state index in [1.54, 1.807) is 9.47 Å². The zero-order chi connectivity index (χ0) is 20.5. The molecule has 1 fully saturated rings. The van der Waals surface area contributed by atoms with Gasteiger partial charge in [-0.05, 0) is 44.0 Å². The lowest BCUT2D eigenvalue weighted by atomic mass is 9.95. The predicted octanol–water partition coefficient (Wildman–Crippen LogP) is 3.68. The molecule has 0 spiro atoms. The number of halogens is 2. The minimum atomic E-state index is -0.620. The van der Waals surface area contributed by atoms with Crippen molar-refractivity contribution in [1.82, 2.24) is 19.7 Å². The summed E-state index contributed by atoms with van der Waals surface area (Å²) in [6.07, 6.45) is 1.24. The van der Waals surface area contributed by atoms with Crippen molar-refractivity contribution in [3.8, 4) is 5.69 Å². The van der Waals surface area contributed by atoms with Gasteiger partial charge >= 0.3 is 5.69 Å². The Morgan fingerprint density at radius 2 is 1.86 bits per heavy atom.